The van der Waals surface area contributed by atoms with E-state index in [1.165, 1.54) is 69.1 Å². The zero-order chi connectivity index (χ0) is 17.9. The van der Waals surface area contributed by atoms with E-state index in [1.54, 1.807) is 0 Å². The van der Waals surface area contributed by atoms with Crippen molar-refractivity contribution in [2.75, 3.05) is 4.90 Å². The van der Waals surface area contributed by atoms with Crippen molar-refractivity contribution in [2.45, 2.75) is 88.8 Å². The molecule has 4 rings (SSSR count). The van der Waals surface area contributed by atoms with Gasteiger partial charge < -0.3 is 0 Å². The summed E-state index contributed by atoms with van der Waals surface area (Å²) in [7, 11) is 0. The molecule has 1 atom stereocenters. The fraction of sp³-hybridized carbons (Fsp3) is 0.636. The number of carbonyl (C=O) groups excluding carboxylic acids is 2. The van der Waals surface area contributed by atoms with Gasteiger partial charge in [-0.25, -0.2) is 4.90 Å². The van der Waals surface area contributed by atoms with E-state index in [0.29, 0.717) is 18.5 Å². The van der Waals surface area contributed by atoms with Crippen LogP contribution in [-0.2, 0) is 9.59 Å². The monoisotopic (exact) mass is 354 g/mol. The van der Waals surface area contributed by atoms with Crippen molar-refractivity contribution in [3.05, 3.63) is 30.3 Å². The lowest BCUT2D eigenvalue weighted by Crippen LogP contribution is -2.53. The molecule has 4 heteroatoms. The molecule has 1 aromatic carbocycles. The fourth-order valence-corrected chi connectivity index (χ4v) is 5.26. The SMILES string of the molecule is O=C1CC(N(C2CCCCC2)C2CCCCC2)C(=O)N1c1ccccc1. The number of hydrogen-bond donors (Lipinski definition) is 0. The predicted molar refractivity (Wildman–Crippen MR) is 103 cm³/mol. The second kappa shape index (κ2) is 7.91. The van der Waals surface area contributed by atoms with Crippen LogP contribution in [-0.4, -0.2) is 34.8 Å². The van der Waals surface area contributed by atoms with Crippen molar-refractivity contribution in [1.82, 2.24) is 4.90 Å². The molecule has 1 aliphatic heterocycles. The molecule has 0 spiro atoms. The number of nitrogens with zero attached hydrogens (tertiary/aromatic N) is 2. The summed E-state index contributed by atoms with van der Waals surface area (Å²) in [5.74, 6) is -0.0415. The van der Waals surface area contributed by atoms with E-state index in [4.69, 9.17) is 0 Å². The van der Waals surface area contributed by atoms with Crippen LogP contribution in [0.3, 0.4) is 0 Å². The minimum atomic E-state index is -0.256. The molecule has 1 heterocycles. The summed E-state index contributed by atoms with van der Waals surface area (Å²) >= 11 is 0. The summed E-state index contributed by atoms with van der Waals surface area (Å²) in [6, 6.07) is 10.1. The van der Waals surface area contributed by atoms with Crippen molar-refractivity contribution in [3.8, 4) is 0 Å². The Hall–Kier alpha value is -1.68. The van der Waals surface area contributed by atoms with Crippen LogP contribution in [0.2, 0.25) is 0 Å². The highest BCUT2D eigenvalue weighted by Crippen LogP contribution is 2.36. The first kappa shape index (κ1) is 17.7. The highest BCUT2D eigenvalue weighted by Gasteiger charge is 2.46. The predicted octanol–water partition coefficient (Wildman–Crippen LogP) is 4.29. The first-order valence-corrected chi connectivity index (χ1v) is 10.4. The van der Waals surface area contributed by atoms with Gasteiger partial charge in [-0.3, -0.25) is 14.5 Å². The van der Waals surface area contributed by atoms with Gasteiger partial charge in [-0.15, -0.1) is 0 Å². The lowest BCUT2D eigenvalue weighted by molar-refractivity contribution is -0.124. The van der Waals surface area contributed by atoms with Gasteiger partial charge in [0.15, 0.2) is 0 Å². The Labute approximate surface area is 156 Å². The first-order valence-electron chi connectivity index (χ1n) is 10.4. The normalized spacial score (nSPS) is 26.0. The van der Waals surface area contributed by atoms with Crippen LogP contribution < -0.4 is 4.90 Å². The van der Waals surface area contributed by atoms with E-state index in [2.05, 4.69) is 4.90 Å². The van der Waals surface area contributed by atoms with Crippen LogP contribution in [0.5, 0.6) is 0 Å². The molecule has 2 amide bonds. The van der Waals surface area contributed by atoms with Gasteiger partial charge in [0.2, 0.25) is 5.91 Å². The number of carbonyl (C=O) groups is 2. The quantitative estimate of drug-likeness (QED) is 0.758. The molecular weight excluding hydrogens is 324 g/mol. The number of rotatable bonds is 4. The van der Waals surface area contributed by atoms with Crippen LogP contribution in [0.1, 0.15) is 70.6 Å². The van der Waals surface area contributed by atoms with Gasteiger partial charge in [0.1, 0.15) is 0 Å². The topological polar surface area (TPSA) is 40.6 Å². The third kappa shape index (κ3) is 3.44. The lowest BCUT2D eigenvalue weighted by Gasteiger charge is -2.44. The van der Waals surface area contributed by atoms with Gasteiger partial charge in [0.25, 0.3) is 5.91 Å². The number of para-hydroxylation sites is 1. The van der Waals surface area contributed by atoms with E-state index in [9.17, 15) is 9.59 Å². The lowest BCUT2D eigenvalue weighted by atomic mass is 9.87. The standard InChI is InChI=1S/C22H30N2O2/c25-21-16-20(22(26)24(21)19-14-8-3-9-15-19)23(17-10-4-1-5-11-17)18-12-6-2-7-13-18/h3,8-9,14-15,17-18,20H,1-2,4-7,10-13,16H2. The molecule has 0 radical (unpaired) electrons. The van der Waals surface area contributed by atoms with Crippen molar-refractivity contribution in [2.24, 2.45) is 0 Å². The minimum absolute atomic E-state index is 0.00246. The van der Waals surface area contributed by atoms with E-state index < -0.39 is 0 Å². The summed E-state index contributed by atoms with van der Waals surface area (Å²) in [6.45, 7) is 0. The Bertz CT molecular complexity index is 615. The van der Waals surface area contributed by atoms with Crippen molar-refractivity contribution < 1.29 is 9.59 Å². The highest BCUT2D eigenvalue weighted by atomic mass is 16.2. The number of amides is 2. The molecule has 1 saturated heterocycles. The van der Waals surface area contributed by atoms with Crippen molar-refractivity contribution in [3.63, 3.8) is 0 Å². The fourth-order valence-electron chi connectivity index (χ4n) is 5.26. The maximum atomic E-state index is 13.3. The van der Waals surface area contributed by atoms with Gasteiger partial charge in [-0.05, 0) is 37.8 Å². The number of imide groups is 1. The van der Waals surface area contributed by atoms with Crippen LogP contribution >= 0.6 is 0 Å². The van der Waals surface area contributed by atoms with Crippen molar-refractivity contribution in [1.29, 1.82) is 0 Å². The molecule has 3 aliphatic rings. The van der Waals surface area contributed by atoms with Gasteiger partial charge in [-0.2, -0.15) is 0 Å². The zero-order valence-electron chi connectivity index (χ0n) is 15.6. The van der Waals surface area contributed by atoms with E-state index in [0.717, 1.165) is 5.69 Å². The van der Waals surface area contributed by atoms with Gasteiger partial charge in [-0.1, -0.05) is 56.7 Å². The Kier molecular flexibility index (Phi) is 5.39. The Balaban J connectivity index is 1.60. The molecule has 3 fully saturated rings. The number of hydrogen-bond acceptors (Lipinski definition) is 3. The largest absolute Gasteiger partial charge is 0.286 e. The summed E-state index contributed by atoms with van der Waals surface area (Å²) in [5, 5.41) is 0. The third-order valence-corrected chi connectivity index (χ3v) is 6.49. The maximum absolute atomic E-state index is 13.3. The molecule has 1 unspecified atom stereocenters. The van der Waals surface area contributed by atoms with Gasteiger partial charge >= 0.3 is 0 Å². The zero-order valence-corrected chi connectivity index (χ0v) is 15.6. The van der Waals surface area contributed by atoms with E-state index >= 15 is 0 Å². The van der Waals surface area contributed by atoms with Crippen LogP contribution in [0.15, 0.2) is 30.3 Å². The first-order chi connectivity index (χ1) is 12.8. The number of benzene rings is 1. The second-order valence-electron chi connectivity index (χ2n) is 8.15. The average Bonchev–Trinajstić information content (AvgIpc) is 2.98. The van der Waals surface area contributed by atoms with E-state index in [-0.39, 0.29) is 17.9 Å². The molecule has 1 aromatic rings. The Morgan fingerprint density at radius 2 is 1.31 bits per heavy atom. The van der Waals surface area contributed by atoms with Crippen LogP contribution in [0.4, 0.5) is 5.69 Å². The summed E-state index contributed by atoms with van der Waals surface area (Å²) in [4.78, 5) is 30.0. The molecule has 2 saturated carbocycles. The Morgan fingerprint density at radius 3 is 1.85 bits per heavy atom. The van der Waals surface area contributed by atoms with Crippen LogP contribution in [0, 0.1) is 0 Å². The highest BCUT2D eigenvalue weighted by molar-refractivity contribution is 6.22. The van der Waals surface area contributed by atoms with Gasteiger partial charge in [0.05, 0.1) is 18.2 Å². The van der Waals surface area contributed by atoms with Crippen LogP contribution in [0.25, 0.3) is 0 Å². The molecule has 4 nitrogen and oxygen atoms in total. The molecule has 0 N–H and O–H groups in total. The second-order valence-corrected chi connectivity index (χ2v) is 8.15. The van der Waals surface area contributed by atoms with E-state index in [1.807, 2.05) is 30.3 Å². The molecular formula is C22H30N2O2. The van der Waals surface area contributed by atoms with Gasteiger partial charge in [0, 0.05) is 12.1 Å². The summed E-state index contributed by atoms with van der Waals surface area (Å²) in [6.07, 6.45) is 12.7. The minimum Gasteiger partial charge on any atom is -0.286 e. The summed E-state index contributed by atoms with van der Waals surface area (Å²) < 4.78 is 0. The summed E-state index contributed by atoms with van der Waals surface area (Å²) in [5.41, 5.74) is 0.720. The molecule has 140 valence electrons. The smallest absolute Gasteiger partial charge is 0.251 e. The molecule has 0 bridgehead atoms. The average molecular weight is 354 g/mol. The van der Waals surface area contributed by atoms with Crippen molar-refractivity contribution >= 4 is 17.5 Å². The molecule has 0 aromatic heterocycles. The maximum Gasteiger partial charge on any atom is 0.251 e. The molecule has 2 aliphatic carbocycles. The third-order valence-electron chi connectivity index (χ3n) is 6.49. The Morgan fingerprint density at radius 1 is 0.769 bits per heavy atom. The number of anilines is 1. The molecule has 26 heavy (non-hydrogen) atoms.